The normalized spacial score (nSPS) is 19.9. The molecule has 35 heavy (non-hydrogen) atoms. The van der Waals surface area contributed by atoms with Crippen molar-refractivity contribution in [2.24, 2.45) is 5.92 Å². The summed E-state index contributed by atoms with van der Waals surface area (Å²) in [6, 6.07) is 4.21. The minimum Gasteiger partial charge on any atom is -0.490 e. The molecule has 1 aromatic carbocycles. The SMILES string of the molecule is CCC(O)(Cn1nncc1CCCCNC1CCC(=O)NC1=O)c1ccc(F)c(OCC2CC2)c1. The fourth-order valence-electron chi connectivity index (χ4n) is 4.25. The molecule has 2 unspecified atom stereocenters. The molecule has 4 rings (SSSR count). The number of imide groups is 1. The summed E-state index contributed by atoms with van der Waals surface area (Å²) in [4.78, 5) is 23.1. The van der Waals surface area contributed by atoms with E-state index in [1.54, 1.807) is 23.0 Å². The van der Waals surface area contributed by atoms with E-state index < -0.39 is 11.4 Å². The van der Waals surface area contributed by atoms with Gasteiger partial charge in [0.05, 0.1) is 31.1 Å². The van der Waals surface area contributed by atoms with E-state index in [1.807, 2.05) is 6.92 Å². The van der Waals surface area contributed by atoms with Crippen molar-refractivity contribution in [1.82, 2.24) is 25.6 Å². The molecule has 0 radical (unpaired) electrons. The van der Waals surface area contributed by atoms with Crippen LogP contribution in [0, 0.1) is 11.7 Å². The number of hydrogen-bond acceptors (Lipinski definition) is 7. The van der Waals surface area contributed by atoms with E-state index in [1.165, 1.54) is 6.07 Å². The molecule has 1 saturated heterocycles. The Hall–Kier alpha value is -2.85. The number of rotatable bonds is 13. The third-order valence-corrected chi connectivity index (χ3v) is 6.82. The van der Waals surface area contributed by atoms with Gasteiger partial charge in [0.1, 0.15) is 5.60 Å². The number of aryl methyl sites for hydroxylation is 1. The average Bonchev–Trinajstić information content (AvgIpc) is 3.58. The van der Waals surface area contributed by atoms with Crippen LogP contribution in [0.2, 0.25) is 0 Å². The van der Waals surface area contributed by atoms with E-state index >= 15 is 0 Å². The second-order valence-corrected chi connectivity index (χ2v) is 9.58. The van der Waals surface area contributed by atoms with Crippen LogP contribution >= 0.6 is 0 Å². The van der Waals surface area contributed by atoms with Crippen LogP contribution in [0.4, 0.5) is 4.39 Å². The fourth-order valence-corrected chi connectivity index (χ4v) is 4.25. The first-order valence-electron chi connectivity index (χ1n) is 12.5. The van der Waals surface area contributed by atoms with E-state index in [0.29, 0.717) is 50.3 Å². The number of nitrogens with one attached hydrogen (secondary N) is 2. The van der Waals surface area contributed by atoms with Gasteiger partial charge in [-0.05, 0) is 75.1 Å². The van der Waals surface area contributed by atoms with Gasteiger partial charge in [-0.3, -0.25) is 14.9 Å². The van der Waals surface area contributed by atoms with Gasteiger partial charge in [-0.2, -0.15) is 0 Å². The van der Waals surface area contributed by atoms with Crippen molar-refractivity contribution >= 4 is 11.8 Å². The Morgan fingerprint density at radius 1 is 1.29 bits per heavy atom. The Bertz CT molecular complexity index is 1040. The van der Waals surface area contributed by atoms with Crippen LogP contribution < -0.4 is 15.4 Å². The highest BCUT2D eigenvalue weighted by molar-refractivity contribution is 6.00. The van der Waals surface area contributed by atoms with E-state index in [-0.39, 0.29) is 30.2 Å². The lowest BCUT2D eigenvalue weighted by Gasteiger charge is -2.28. The summed E-state index contributed by atoms with van der Waals surface area (Å²) in [6.07, 6.45) is 7.60. The molecule has 2 heterocycles. The van der Waals surface area contributed by atoms with Crippen LogP contribution in [0.25, 0.3) is 0 Å². The molecular weight excluding hydrogens is 453 g/mol. The molecule has 1 saturated carbocycles. The van der Waals surface area contributed by atoms with Crippen molar-refractivity contribution in [2.45, 2.75) is 76.5 Å². The van der Waals surface area contributed by atoms with Gasteiger partial charge in [0.2, 0.25) is 11.8 Å². The maximum Gasteiger partial charge on any atom is 0.243 e. The molecule has 2 atom stereocenters. The summed E-state index contributed by atoms with van der Waals surface area (Å²) in [6.45, 7) is 3.23. The molecule has 2 fully saturated rings. The van der Waals surface area contributed by atoms with E-state index in [9.17, 15) is 19.1 Å². The van der Waals surface area contributed by atoms with Crippen LogP contribution in [-0.4, -0.2) is 51.1 Å². The molecule has 2 aliphatic rings. The summed E-state index contributed by atoms with van der Waals surface area (Å²) in [7, 11) is 0. The molecule has 2 aromatic rings. The Kier molecular flexibility index (Phi) is 8.12. The lowest BCUT2D eigenvalue weighted by atomic mass is 9.90. The Morgan fingerprint density at radius 2 is 2.11 bits per heavy atom. The van der Waals surface area contributed by atoms with Gasteiger partial charge >= 0.3 is 0 Å². The van der Waals surface area contributed by atoms with Crippen molar-refractivity contribution in [1.29, 1.82) is 0 Å². The predicted molar refractivity (Wildman–Crippen MR) is 126 cm³/mol. The standard InChI is InChI=1S/C25H34FN5O4/c1-2-25(34,18-8-9-20(26)22(13-18)35-15-17-6-7-17)16-31-19(14-28-30-31)5-3-4-12-27-21-10-11-23(32)29-24(21)33/h8-9,13-14,17,21,27,34H,2-7,10-12,15-16H2,1H3,(H,29,32,33). The Labute approximate surface area is 204 Å². The number of benzene rings is 1. The molecule has 1 aliphatic heterocycles. The van der Waals surface area contributed by atoms with Gasteiger partial charge in [-0.1, -0.05) is 18.2 Å². The second kappa shape index (κ2) is 11.3. The van der Waals surface area contributed by atoms with Crippen molar-refractivity contribution in [3.05, 3.63) is 41.5 Å². The summed E-state index contributed by atoms with van der Waals surface area (Å²) in [5.74, 6) is -0.239. The number of ether oxygens (including phenoxy) is 1. The highest BCUT2D eigenvalue weighted by Crippen LogP contribution is 2.33. The monoisotopic (exact) mass is 487 g/mol. The van der Waals surface area contributed by atoms with Crippen LogP contribution in [0.1, 0.15) is 63.1 Å². The first-order valence-corrected chi connectivity index (χ1v) is 12.5. The summed E-state index contributed by atoms with van der Waals surface area (Å²) in [5, 5.41) is 25.2. The molecular formula is C25H34FN5O4. The number of carbonyl (C=O) groups is 2. The van der Waals surface area contributed by atoms with Crippen LogP contribution in [0.3, 0.4) is 0 Å². The van der Waals surface area contributed by atoms with E-state index in [4.69, 9.17) is 4.74 Å². The van der Waals surface area contributed by atoms with Gasteiger partial charge in [-0.15, -0.1) is 5.10 Å². The molecule has 3 N–H and O–H groups in total. The first-order chi connectivity index (χ1) is 16.9. The third-order valence-electron chi connectivity index (χ3n) is 6.82. The topological polar surface area (TPSA) is 118 Å². The average molecular weight is 488 g/mol. The van der Waals surface area contributed by atoms with Crippen molar-refractivity contribution in [3.8, 4) is 5.75 Å². The maximum atomic E-state index is 14.3. The number of halogens is 1. The number of nitrogens with zero attached hydrogens (tertiary/aromatic N) is 3. The highest BCUT2D eigenvalue weighted by atomic mass is 19.1. The predicted octanol–water partition coefficient (Wildman–Crippen LogP) is 2.22. The van der Waals surface area contributed by atoms with Gasteiger partial charge in [0, 0.05) is 6.42 Å². The molecule has 2 amide bonds. The zero-order valence-corrected chi connectivity index (χ0v) is 20.1. The number of aliphatic hydroxyl groups is 1. The fraction of sp³-hybridized carbons (Fsp3) is 0.600. The number of aromatic nitrogens is 3. The third kappa shape index (κ3) is 6.64. The van der Waals surface area contributed by atoms with E-state index in [0.717, 1.165) is 31.4 Å². The molecule has 190 valence electrons. The first kappa shape index (κ1) is 25.2. The molecule has 1 aliphatic carbocycles. The Morgan fingerprint density at radius 3 is 2.86 bits per heavy atom. The lowest BCUT2D eigenvalue weighted by Crippen LogP contribution is -2.50. The van der Waals surface area contributed by atoms with Crippen molar-refractivity contribution in [3.63, 3.8) is 0 Å². The summed E-state index contributed by atoms with van der Waals surface area (Å²) in [5.41, 5.74) is 0.230. The van der Waals surface area contributed by atoms with Gasteiger partial charge in [0.25, 0.3) is 0 Å². The number of unbranched alkanes of at least 4 members (excludes halogenated alkanes) is 1. The lowest BCUT2D eigenvalue weighted by molar-refractivity contribution is -0.134. The van der Waals surface area contributed by atoms with Crippen molar-refractivity contribution in [2.75, 3.05) is 13.2 Å². The molecule has 1 aromatic heterocycles. The molecule has 0 bridgehead atoms. The van der Waals surface area contributed by atoms with Gasteiger partial charge < -0.3 is 15.2 Å². The van der Waals surface area contributed by atoms with E-state index in [2.05, 4.69) is 20.9 Å². The minimum atomic E-state index is -1.25. The summed E-state index contributed by atoms with van der Waals surface area (Å²) < 4.78 is 21.6. The highest BCUT2D eigenvalue weighted by Gasteiger charge is 2.31. The number of carbonyl (C=O) groups excluding carboxylic acids is 2. The van der Waals surface area contributed by atoms with Crippen molar-refractivity contribution < 1.29 is 23.8 Å². The zero-order chi connectivity index (χ0) is 24.8. The van der Waals surface area contributed by atoms with Crippen LogP contribution in [-0.2, 0) is 28.2 Å². The minimum absolute atomic E-state index is 0.170. The quantitative estimate of drug-likeness (QED) is 0.293. The Balaban J connectivity index is 1.31. The van der Waals surface area contributed by atoms with Crippen LogP contribution in [0.15, 0.2) is 24.4 Å². The number of amides is 2. The molecule has 10 heteroatoms. The molecule has 9 nitrogen and oxygen atoms in total. The van der Waals surface area contributed by atoms with Crippen LogP contribution in [0.5, 0.6) is 5.75 Å². The zero-order valence-electron chi connectivity index (χ0n) is 20.1. The maximum absolute atomic E-state index is 14.3. The van der Waals surface area contributed by atoms with Gasteiger partial charge in [0.15, 0.2) is 11.6 Å². The number of piperidine rings is 1. The smallest absolute Gasteiger partial charge is 0.243 e. The molecule has 0 spiro atoms. The largest absolute Gasteiger partial charge is 0.490 e. The second-order valence-electron chi connectivity index (χ2n) is 9.58. The number of hydrogen-bond donors (Lipinski definition) is 3. The van der Waals surface area contributed by atoms with Gasteiger partial charge in [-0.25, -0.2) is 9.07 Å². The summed E-state index contributed by atoms with van der Waals surface area (Å²) >= 11 is 0.